The zero-order chi connectivity index (χ0) is 19.2. The second kappa shape index (κ2) is 8.55. The molecular weight excluding hydrogens is 366 g/mol. The van der Waals surface area contributed by atoms with Crippen molar-refractivity contribution in [3.05, 3.63) is 58.7 Å². The molecule has 0 radical (unpaired) electrons. The molecule has 0 bridgehead atoms. The van der Waals surface area contributed by atoms with Crippen LogP contribution in [0.5, 0.6) is 11.5 Å². The van der Waals surface area contributed by atoms with Gasteiger partial charge >= 0.3 is 0 Å². The van der Waals surface area contributed by atoms with Crippen molar-refractivity contribution in [2.24, 2.45) is 0 Å². The molecule has 0 atom stereocenters. The summed E-state index contributed by atoms with van der Waals surface area (Å²) in [7, 11) is 3.23. The molecule has 1 aromatic heterocycles. The fraction of sp³-hybridized carbons (Fsp3) is 0.211. The number of aromatic nitrogens is 3. The fourth-order valence-corrected chi connectivity index (χ4v) is 2.58. The molecule has 8 heteroatoms. The van der Waals surface area contributed by atoms with Gasteiger partial charge in [0.2, 0.25) is 5.95 Å². The van der Waals surface area contributed by atoms with Crippen molar-refractivity contribution in [2.45, 2.75) is 13.5 Å². The minimum atomic E-state index is 0.356. The van der Waals surface area contributed by atoms with Crippen LogP contribution in [0.3, 0.4) is 0 Å². The number of benzene rings is 2. The SMILES string of the molecule is COc1ccc(CNc2cnnc(Nc3cc(C)c(Cl)cc3OC)n2)cc1. The highest BCUT2D eigenvalue weighted by molar-refractivity contribution is 6.31. The van der Waals surface area contributed by atoms with Crippen molar-refractivity contribution < 1.29 is 9.47 Å². The maximum absolute atomic E-state index is 6.14. The third kappa shape index (κ3) is 4.77. The second-order valence-electron chi connectivity index (χ2n) is 5.79. The highest BCUT2D eigenvalue weighted by atomic mass is 35.5. The molecule has 2 N–H and O–H groups in total. The summed E-state index contributed by atoms with van der Waals surface area (Å²) in [6.45, 7) is 2.52. The Labute approximate surface area is 162 Å². The lowest BCUT2D eigenvalue weighted by Gasteiger charge is -2.12. The van der Waals surface area contributed by atoms with Gasteiger partial charge in [-0.2, -0.15) is 10.1 Å². The van der Waals surface area contributed by atoms with Crippen molar-refractivity contribution in [2.75, 3.05) is 24.9 Å². The highest BCUT2D eigenvalue weighted by Gasteiger charge is 2.09. The van der Waals surface area contributed by atoms with Gasteiger partial charge in [0.25, 0.3) is 0 Å². The number of aryl methyl sites for hydroxylation is 1. The topological polar surface area (TPSA) is 81.2 Å². The first-order valence-electron chi connectivity index (χ1n) is 8.26. The van der Waals surface area contributed by atoms with Crippen LogP contribution < -0.4 is 20.1 Å². The number of anilines is 3. The normalized spacial score (nSPS) is 10.4. The van der Waals surface area contributed by atoms with E-state index in [4.69, 9.17) is 21.1 Å². The van der Waals surface area contributed by atoms with Gasteiger partial charge in [-0.3, -0.25) is 0 Å². The number of hydrogen-bond acceptors (Lipinski definition) is 7. The van der Waals surface area contributed by atoms with Crippen LogP contribution in [-0.4, -0.2) is 29.4 Å². The smallest absolute Gasteiger partial charge is 0.249 e. The summed E-state index contributed by atoms with van der Waals surface area (Å²) in [5.41, 5.74) is 2.73. The molecule has 0 unspecified atom stereocenters. The molecule has 0 amide bonds. The molecule has 0 aliphatic heterocycles. The van der Waals surface area contributed by atoms with E-state index < -0.39 is 0 Å². The van der Waals surface area contributed by atoms with Gasteiger partial charge in [0.05, 0.1) is 26.1 Å². The molecule has 0 saturated heterocycles. The van der Waals surface area contributed by atoms with E-state index in [1.54, 1.807) is 26.5 Å². The van der Waals surface area contributed by atoms with Gasteiger partial charge in [-0.05, 0) is 36.2 Å². The number of nitrogens with one attached hydrogen (secondary N) is 2. The third-order valence-corrected chi connectivity index (χ3v) is 4.33. The summed E-state index contributed by atoms with van der Waals surface area (Å²) in [4.78, 5) is 4.44. The number of halogens is 1. The van der Waals surface area contributed by atoms with Crippen LogP contribution in [0.15, 0.2) is 42.6 Å². The van der Waals surface area contributed by atoms with Gasteiger partial charge in [-0.25, -0.2) is 0 Å². The van der Waals surface area contributed by atoms with Crippen molar-refractivity contribution in [1.82, 2.24) is 15.2 Å². The molecule has 0 aliphatic rings. The molecule has 2 aromatic carbocycles. The molecule has 0 fully saturated rings. The molecule has 1 heterocycles. The Hall–Kier alpha value is -3.06. The molecule has 0 aliphatic carbocycles. The van der Waals surface area contributed by atoms with Crippen LogP contribution in [0.2, 0.25) is 5.02 Å². The van der Waals surface area contributed by atoms with Crippen LogP contribution >= 0.6 is 11.6 Å². The molecule has 3 rings (SSSR count). The highest BCUT2D eigenvalue weighted by Crippen LogP contribution is 2.32. The van der Waals surface area contributed by atoms with Crippen LogP contribution in [0.1, 0.15) is 11.1 Å². The first kappa shape index (κ1) is 18.7. The summed E-state index contributed by atoms with van der Waals surface area (Å²) < 4.78 is 10.5. The first-order valence-corrected chi connectivity index (χ1v) is 8.64. The van der Waals surface area contributed by atoms with E-state index in [1.165, 1.54) is 0 Å². The summed E-state index contributed by atoms with van der Waals surface area (Å²) in [6.07, 6.45) is 1.57. The standard InChI is InChI=1S/C19H20ClN5O2/c1-12-8-16(17(27-3)9-15(12)20)23-19-24-18(11-22-25-19)21-10-13-4-6-14(26-2)7-5-13/h4-9,11H,10H2,1-3H3,(H2,21,23,24,25). The lowest BCUT2D eigenvalue weighted by Crippen LogP contribution is -2.06. The Bertz CT molecular complexity index is 918. The zero-order valence-electron chi connectivity index (χ0n) is 15.3. The summed E-state index contributed by atoms with van der Waals surface area (Å²) in [6, 6.07) is 11.4. The van der Waals surface area contributed by atoms with Gasteiger partial charge in [0.1, 0.15) is 11.5 Å². The first-order chi connectivity index (χ1) is 13.1. The number of rotatable bonds is 7. The van der Waals surface area contributed by atoms with Gasteiger partial charge in [-0.1, -0.05) is 23.7 Å². The van der Waals surface area contributed by atoms with E-state index in [-0.39, 0.29) is 0 Å². The minimum Gasteiger partial charge on any atom is -0.497 e. The number of methoxy groups -OCH3 is 2. The predicted octanol–water partition coefficient (Wildman–Crippen LogP) is 4.21. The maximum atomic E-state index is 6.14. The summed E-state index contributed by atoms with van der Waals surface area (Å²) in [5.74, 6) is 2.38. The van der Waals surface area contributed by atoms with Crippen LogP contribution in [0, 0.1) is 6.92 Å². The molecule has 0 spiro atoms. The Morgan fingerprint density at radius 3 is 2.56 bits per heavy atom. The van der Waals surface area contributed by atoms with Crippen molar-refractivity contribution in [3.63, 3.8) is 0 Å². The average molecular weight is 386 g/mol. The lowest BCUT2D eigenvalue weighted by atomic mass is 10.2. The monoisotopic (exact) mass is 385 g/mol. The average Bonchev–Trinajstić information content (AvgIpc) is 2.69. The van der Waals surface area contributed by atoms with E-state index in [0.29, 0.717) is 34.8 Å². The second-order valence-corrected chi connectivity index (χ2v) is 6.20. The lowest BCUT2D eigenvalue weighted by molar-refractivity contribution is 0.414. The Morgan fingerprint density at radius 2 is 1.85 bits per heavy atom. The number of nitrogens with zero attached hydrogens (tertiary/aromatic N) is 3. The molecule has 140 valence electrons. The summed E-state index contributed by atoms with van der Waals surface area (Å²) in [5, 5.41) is 15.0. The third-order valence-electron chi connectivity index (χ3n) is 3.92. The van der Waals surface area contributed by atoms with Crippen molar-refractivity contribution in [3.8, 4) is 11.5 Å². The van der Waals surface area contributed by atoms with Crippen LogP contribution in [0.4, 0.5) is 17.5 Å². The van der Waals surface area contributed by atoms with E-state index >= 15 is 0 Å². The fourth-order valence-electron chi connectivity index (χ4n) is 2.43. The summed E-state index contributed by atoms with van der Waals surface area (Å²) >= 11 is 6.14. The molecule has 3 aromatic rings. The van der Waals surface area contributed by atoms with Crippen LogP contribution in [-0.2, 0) is 6.54 Å². The Kier molecular flexibility index (Phi) is 5.93. The van der Waals surface area contributed by atoms with Crippen molar-refractivity contribution in [1.29, 1.82) is 0 Å². The molecule has 7 nitrogen and oxygen atoms in total. The predicted molar refractivity (Wildman–Crippen MR) is 106 cm³/mol. The van der Waals surface area contributed by atoms with Gasteiger partial charge in [0, 0.05) is 17.6 Å². The van der Waals surface area contributed by atoms with E-state index in [1.807, 2.05) is 37.3 Å². The van der Waals surface area contributed by atoms with E-state index in [0.717, 1.165) is 16.9 Å². The van der Waals surface area contributed by atoms with Crippen LogP contribution in [0.25, 0.3) is 0 Å². The van der Waals surface area contributed by atoms with Gasteiger partial charge in [0.15, 0.2) is 5.82 Å². The zero-order valence-corrected chi connectivity index (χ0v) is 16.0. The number of ether oxygens (including phenoxy) is 2. The minimum absolute atomic E-state index is 0.356. The van der Waals surface area contributed by atoms with E-state index in [2.05, 4.69) is 25.8 Å². The number of hydrogen-bond donors (Lipinski definition) is 2. The van der Waals surface area contributed by atoms with Crippen molar-refractivity contribution >= 4 is 29.1 Å². The largest absolute Gasteiger partial charge is 0.497 e. The van der Waals surface area contributed by atoms with E-state index in [9.17, 15) is 0 Å². The van der Waals surface area contributed by atoms with Gasteiger partial charge in [-0.15, -0.1) is 5.10 Å². The maximum Gasteiger partial charge on any atom is 0.249 e. The molecule has 27 heavy (non-hydrogen) atoms. The molecular formula is C19H20ClN5O2. The molecule has 0 saturated carbocycles. The quantitative estimate of drug-likeness (QED) is 0.630. The van der Waals surface area contributed by atoms with Gasteiger partial charge < -0.3 is 20.1 Å². The Balaban J connectivity index is 1.71. The Morgan fingerprint density at radius 1 is 1.07 bits per heavy atom.